The van der Waals surface area contributed by atoms with Gasteiger partial charge in [-0.1, -0.05) is 0 Å². The summed E-state index contributed by atoms with van der Waals surface area (Å²) in [6.07, 6.45) is 6.54. The fraction of sp³-hybridized carbons (Fsp3) is 0.429. The first-order valence-electron chi connectivity index (χ1n) is 6.87. The Kier molecular flexibility index (Phi) is 3.31. The first kappa shape index (κ1) is 12.9. The zero-order valence-electron chi connectivity index (χ0n) is 11.5. The van der Waals surface area contributed by atoms with Crippen LogP contribution in [0.15, 0.2) is 18.5 Å². The van der Waals surface area contributed by atoms with E-state index in [1.807, 2.05) is 10.6 Å². The van der Waals surface area contributed by atoms with Crippen LogP contribution in [0.1, 0.15) is 30.0 Å². The van der Waals surface area contributed by atoms with Gasteiger partial charge in [-0.25, -0.2) is 4.98 Å². The molecule has 0 atom stereocenters. The Morgan fingerprint density at radius 1 is 1.50 bits per heavy atom. The normalized spacial score (nSPS) is 14.5. The van der Waals surface area contributed by atoms with Crippen LogP contribution in [0.2, 0.25) is 0 Å². The average Bonchev–Trinajstić information content (AvgIpc) is 3.23. The maximum Gasteiger partial charge on any atom is 0.239 e. The minimum Gasteiger partial charge on any atom is -0.373 e. The summed E-state index contributed by atoms with van der Waals surface area (Å²) in [7, 11) is 1.63. The van der Waals surface area contributed by atoms with Crippen molar-refractivity contribution in [2.75, 3.05) is 18.9 Å². The second kappa shape index (κ2) is 5.13. The van der Waals surface area contributed by atoms with E-state index in [-0.39, 0.29) is 12.5 Å². The Morgan fingerprint density at radius 2 is 2.30 bits per heavy atom. The summed E-state index contributed by atoms with van der Waals surface area (Å²) < 4.78 is 2.00. The number of aromatic nitrogens is 2. The Bertz CT molecular complexity index is 644. The van der Waals surface area contributed by atoms with Crippen LogP contribution in [0.3, 0.4) is 0 Å². The summed E-state index contributed by atoms with van der Waals surface area (Å²) in [6.45, 7) is 0.653. The maximum atomic E-state index is 11.4. The largest absolute Gasteiger partial charge is 0.373 e. The molecular formula is C14H19N5O. The maximum absolute atomic E-state index is 11.4. The third-order valence-electron chi connectivity index (χ3n) is 3.60. The molecule has 2 aromatic rings. The highest BCUT2D eigenvalue weighted by atomic mass is 16.1. The number of imidazole rings is 1. The molecule has 1 aliphatic rings. The molecule has 2 aromatic heterocycles. The third-order valence-corrected chi connectivity index (χ3v) is 3.60. The molecule has 0 spiro atoms. The molecule has 20 heavy (non-hydrogen) atoms. The van der Waals surface area contributed by atoms with Crippen molar-refractivity contribution in [3.05, 3.63) is 29.7 Å². The number of likely N-dealkylation sites (N-methyl/N-ethyl adjacent to an activating group) is 1. The summed E-state index contributed by atoms with van der Waals surface area (Å²) in [5.74, 6) is 0.592. The van der Waals surface area contributed by atoms with Crippen LogP contribution in [-0.4, -0.2) is 28.9 Å². The van der Waals surface area contributed by atoms with Gasteiger partial charge in [0.25, 0.3) is 0 Å². The lowest BCUT2D eigenvalue weighted by Crippen LogP contribution is -2.26. The van der Waals surface area contributed by atoms with Crippen LogP contribution in [0, 0.1) is 0 Å². The molecule has 106 valence electrons. The van der Waals surface area contributed by atoms with Crippen LogP contribution < -0.4 is 16.4 Å². The van der Waals surface area contributed by atoms with E-state index in [2.05, 4.69) is 27.9 Å². The highest BCUT2D eigenvalue weighted by Crippen LogP contribution is 2.41. The minimum absolute atomic E-state index is 0.0504. The van der Waals surface area contributed by atoms with Gasteiger partial charge in [-0.05, 0) is 30.4 Å². The minimum atomic E-state index is -0.0504. The topological polar surface area (TPSA) is 84.5 Å². The molecule has 0 unspecified atom stereocenters. The van der Waals surface area contributed by atoms with Crippen molar-refractivity contribution in [1.82, 2.24) is 14.7 Å². The number of carbonyl (C=O) groups excluding carboxylic acids is 1. The van der Waals surface area contributed by atoms with Crippen molar-refractivity contribution in [2.45, 2.75) is 25.3 Å². The van der Waals surface area contributed by atoms with E-state index in [9.17, 15) is 4.79 Å². The van der Waals surface area contributed by atoms with Crippen LogP contribution in [0.5, 0.6) is 0 Å². The van der Waals surface area contributed by atoms with E-state index in [4.69, 9.17) is 5.73 Å². The van der Waals surface area contributed by atoms with Gasteiger partial charge < -0.3 is 20.8 Å². The van der Waals surface area contributed by atoms with Gasteiger partial charge in [-0.2, -0.15) is 0 Å². The molecule has 6 nitrogen and oxygen atoms in total. The van der Waals surface area contributed by atoms with E-state index in [0.29, 0.717) is 12.5 Å². The van der Waals surface area contributed by atoms with Gasteiger partial charge in [0, 0.05) is 26.0 Å². The van der Waals surface area contributed by atoms with E-state index in [1.165, 1.54) is 18.4 Å². The second-order valence-corrected chi connectivity index (χ2v) is 5.16. The summed E-state index contributed by atoms with van der Waals surface area (Å²) in [5, 5.41) is 5.76. The number of fused-ring (bicyclic) bond motifs is 1. The number of pyridine rings is 1. The van der Waals surface area contributed by atoms with Gasteiger partial charge in [-0.15, -0.1) is 0 Å². The standard InChI is InChI=1S/C14H19N5O/c1-16-13(20)6-17-12-4-10(9-2-3-9)7-19-8-11(5-15)18-14(12)19/h4,7-9,17H,2-3,5-6,15H2,1H3,(H,16,20). The fourth-order valence-corrected chi connectivity index (χ4v) is 2.30. The fourth-order valence-electron chi connectivity index (χ4n) is 2.30. The van der Waals surface area contributed by atoms with Gasteiger partial charge >= 0.3 is 0 Å². The number of carbonyl (C=O) groups is 1. The average molecular weight is 273 g/mol. The Labute approximate surface area is 117 Å². The molecular weight excluding hydrogens is 254 g/mol. The summed E-state index contributed by atoms with van der Waals surface area (Å²) in [5.41, 5.74) is 9.50. The van der Waals surface area contributed by atoms with Gasteiger partial charge in [-0.3, -0.25) is 4.79 Å². The molecule has 0 aromatic carbocycles. The van der Waals surface area contributed by atoms with Crippen LogP contribution >= 0.6 is 0 Å². The number of anilines is 1. The predicted molar refractivity (Wildman–Crippen MR) is 77.6 cm³/mol. The molecule has 1 saturated carbocycles. The van der Waals surface area contributed by atoms with Gasteiger partial charge in [0.05, 0.1) is 17.9 Å². The first-order valence-corrected chi connectivity index (χ1v) is 6.87. The van der Waals surface area contributed by atoms with Crippen molar-refractivity contribution < 1.29 is 4.79 Å². The number of hydrogen-bond donors (Lipinski definition) is 3. The highest BCUT2D eigenvalue weighted by Gasteiger charge is 2.25. The molecule has 1 amide bonds. The van der Waals surface area contributed by atoms with E-state index in [0.717, 1.165) is 17.0 Å². The van der Waals surface area contributed by atoms with E-state index >= 15 is 0 Å². The van der Waals surface area contributed by atoms with Crippen molar-refractivity contribution in [1.29, 1.82) is 0 Å². The van der Waals surface area contributed by atoms with Gasteiger partial charge in [0.1, 0.15) is 0 Å². The number of nitrogens with zero attached hydrogens (tertiary/aromatic N) is 2. The molecule has 0 radical (unpaired) electrons. The molecule has 6 heteroatoms. The summed E-state index contributed by atoms with van der Waals surface area (Å²) >= 11 is 0. The molecule has 0 bridgehead atoms. The SMILES string of the molecule is CNC(=O)CNc1cc(C2CC2)cn2cc(CN)nc12. The van der Waals surface area contributed by atoms with Crippen molar-refractivity contribution in [3.63, 3.8) is 0 Å². The van der Waals surface area contributed by atoms with E-state index < -0.39 is 0 Å². The molecule has 2 heterocycles. The number of hydrogen-bond acceptors (Lipinski definition) is 4. The second-order valence-electron chi connectivity index (χ2n) is 5.16. The number of rotatable bonds is 5. The smallest absolute Gasteiger partial charge is 0.239 e. The Hall–Kier alpha value is -2.08. The van der Waals surface area contributed by atoms with Crippen molar-refractivity contribution >= 4 is 17.2 Å². The van der Waals surface area contributed by atoms with Crippen LogP contribution in [0.4, 0.5) is 5.69 Å². The monoisotopic (exact) mass is 273 g/mol. The van der Waals surface area contributed by atoms with Crippen molar-refractivity contribution in [2.24, 2.45) is 5.73 Å². The van der Waals surface area contributed by atoms with Crippen LogP contribution in [-0.2, 0) is 11.3 Å². The number of nitrogens with one attached hydrogen (secondary N) is 2. The molecule has 4 N–H and O–H groups in total. The summed E-state index contributed by atoms with van der Waals surface area (Å²) in [6, 6.07) is 2.10. The van der Waals surface area contributed by atoms with Gasteiger partial charge in [0.15, 0.2) is 5.65 Å². The van der Waals surface area contributed by atoms with E-state index in [1.54, 1.807) is 7.05 Å². The first-order chi connectivity index (χ1) is 9.71. The lowest BCUT2D eigenvalue weighted by Gasteiger charge is -2.09. The zero-order chi connectivity index (χ0) is 14.1. The quantitative estimate of drug-likeness (QED) is 0.753. The van der Waals surface area contributed by atoms with Crippen molar-refractivity contribution in [3.8, 4) is 0 Å². The lowest BCUT2D eigenvalue weighted by molar-refractivity contribution is -0.118. The lowest BCUT2D eigenvalue weighted by atomic mass is 10.2. The third kappa shape index (κ3) is 2.46. The Morgan fingerprint density at radius 3 is 2.95 bits per heavy atom. The number of nitrogens with two attached hydrogens (primary N) is 1. The molecule has 1 fully saturated rings. The predicted octanol–water partition coefficient (Wildman–Crippen LogP) is 0.828. The zero-order valence-corrected chi connectivity index (χ0v) is 11.5. The summed E-state index contributed by atoms with van der Waals surface area (Å²) in [4.78, 5) is 15.9. The number of amides is 1. The molecule has 3 rings (SSSR count). The van der Waals surface area contributed by atoms with Gasteiger partial charge in [0.2, 0.25) is 5.91 Å². The molecule has 0 aliphatic heterocycles. The van der Waals surface area contributed by atoms with Crippen LogP contribution in [0.25, 0.3) is 5.65 Å². The molecule has 0 saturated heterocycles. The Balaban J connectivity index is 1.97. The molecule has 1 aliphatic carbocycles. The highest BCUT2D eigenvalue weighted by molar-refractivity contribution is 5.82.